The summed E-state index contributed by atoms with van der Waals surface area (Å²) in [6.07, 6.45) is 19.1. The maximum Gasteiger partial charge on any atom is 0.242 e. The van der Waals surface area contributed by atoms with Crippen molar-refractivity contribution in [1.29, 1.82) is 0 Å². The average molecular weight is 1150 g/mol. The SMILES string of the molecule is COc1c(Cl)c(C)c(C=NC(Cc2ccccc2)C(N)=O)c(O)c1C/C=C(C)/C=C/[C@@]1(C)[C@H](C)CCC(=O)[C@@H]1C.COc1c(Cl)c(C)c(C=O)c(O)c1C/C=C(C)/C=C/[C@@]1(C)[C@H](C)CCC(=O)[C@@H]1C.NC(=O)C(N)Cc1ccccc1. The number of benzene rings is 4. The fourth-order valence-corrected chi connectivity index (χ4v) is 10.8. The van der Waals surface area contributed by atoms with Crippen LogP contribution in [0.25, 0.3) is 0 Å². The van der Waals surface area contributed by atoms with E-state index < -0.39 is 23.9 Å². The van der Waals surface area contributed by atoms with E-state index in [0.29, 0.717) is 118 Å². The van der Waals surface area contributed by atoms with Crippen LogP contribution in [0.1, 0.15) is 130 Å². The number of carbonyl (C=O) groups excluding carboxylic acids is 5. The summed E-state index contributed by atoms with van der Waals surface area (Å²) in [6, 6.07) is 17.7. The second-order valence-corrected chi connectivity index (χ2v) is 22.8. The fraction of sp³-hybridized carbons (Fsp3) is 0.424. The number of hydrogen-bond acceptors (Lipinski definition) is 11. The molecule has 81 heavy (non-hydrogen) atoms. The molecule has 0 aromatic heterocycles. The highest BCUT2D eigenvalue weighted by Gasteiger charge is 2.43. The summed E-state index contributed by atoms with van der Waals surface area (Å²) in [5.74, 6) is 1.07. The van der Waals surface area contributed by atoms with E-state index in [0.717, 1.165) is 35.1 Å². The van der Waals surface area contributed by atoms with E-state index in [-0.39, 0.29) is 39.7 Å². The smallest absolute Gasteiger partial charge is 0.242 e. The predicted molar refractivity (Wildman–Crippen MR) is 327 cm³/mol. The number of nitrogens with two attached hydrogens (primary N) is 3. The van der Waals surface area contributed by atoms with Gasteiger partial charge in [0.15, 0.2) is 6.29 Å². The summed E-state index contributed by atoms with van der Waals surface area (Å²) < 4.78 is 11.0. The zero-order chi connectivity index (χ0) is 60.5. The molecule has 2 saturated carbocycles. The van der Waals surface area contributed by atoms with Gasteiger partial charge in [-0.05, 0) is 105 Å². The first-order valence-electron chi connectivity index (χ1n) is 27.5. The van der Waals surface area contributed by atoms with Gasteiger partial charge in [0.25, 0.3) is 0 Å². The largest absolute Gasteiger partial charge is 0.507 e. The molecule has 0 bridgehead atoms. The number of nitrogens with zero attached hydrogens (tertiary/aromatic N) is 1. The summed E-state index contributed by atoms with van der Waals surface area (Å²) in [4.78, 5) is 63.2. The molecule has 0 spiro atoms. The molecule has 2 unspecified atom stereocenters. The van der Waals surface area contributed by atoms with E-state index in [4.69, 9.17) is 49.9 Å². The van der Waals surface area contributed by atoms with Gasteiger partial charge in [-0.2, -0.15) is 0 Å². The third-order valence-corrected chi connectivity index (χ3v) is 17.8. The summed E-state index contributed by atoms with van der Waals surface area (Å²) in [7, 11) is 3.00. The molecule has 8 N–H and O–H groups in total. The van der Waals surface area contributed by atoms with Gasteiger partial charge in [0.2, 0.25) is 11.8 Å². The Balaban J connectivity index is 0.000000298. The third kappa shape index (κ3) is 16.9. The number of hydrogen-bond donors (Lipinski definition) is 5. The lowest BCUT2D eigenvalue weighted by atomic mass is 9.61. The molecule has 4 aromatic rings. The van der Waals surface area contributed by atoms with E-state index in [2.05, 4.69) is 44.8 Å². The summed E-state index contributed by atoms with van der Waals surface area (Å²) >= 11 is 13.0. The Morgan fingerprint density at radius 2 is 1.09 bits per heavy atom. The number of allylic oxidation sites excluding steroid dienone is 8. The van der Waals surface area contributed by atoms with Crippen LogP contribution in [0.2, 0.25) is 10.0 Å². The molecular weight excluding hydrogens is 1060 g/mol. The lowest BCUT2D eigenvalue weighted by Gasteiger charge is -2.42. The number of amides is 2. The first-order chi connectivity index (χ1) is 38.2. The van der Waals surface area contributed by atoms with Crippen LogP contribution in [0.15, 0.2) is 113 Å². The second-order valence-electron chi connectivity index (χ2n) is 22.1. The van der Waals surface area contributed by atoms with E-state index in [1.807, 2.05) is 113 Å². The van der Waals surface area contributed by atoms with Crippen molar-refractivity contribution in [2.45, 2.75) is 133 Å². The number of halogens is 2. The van der Waals surface area contributed by atoms with Gasteiger partial charge in [0, 0.05) is 54.0 Å². The van der Waals surface area contributed by atoms with Gasteiger partial charge in [-0.15, -0.1) is 0 Å². The van der Waals surface area contributed by atoms with Gasteiger partial charge in [0.05, 0.1) is 35.9 Å². The van der Waals surface area contributed by atoms with Crippen LogP contribution in [0.5, 0.6) is 23.0 Å². The van der Waals surface area contributed by atoms with Crippen molar-refractivity contribution in [3.63, 3.8) is 0 Å². The highest BCUT2D eigenvalue weighted by atomic mass is 35.5. The number of phenols is 2. The van der Waals surface area contributed by atoms with Crippen LogP contribution in [0.4, 0.5) is 0 Å². The Morgan fingerprint density at radius 3 is 1.47 bits per heavy atom. The van der Waals surface area contributed by atoms with E-state index in [1.165, 1.54) is 20.4 Å². The molecule has 2 aliphatic carbocycles. The molecular formula is C66H84Cl2N4O9. The summed E-state index contributed by atoms with van der Waals surface area (Å²) in [6.45, 7) is 20.1. The molecule has 15 heteroatoms. The minimum atomic E-state index is -0.796. The lowest BCUT2D eigenvalue weighted by Crippen LogP contribution is -2.40. The number of Topliss-reactive ketones (excluding diaryl/α,β-unsaturated/α-hetero) is 2. The molecule has 13 nitrogen and oxygen atoms in total. The maximum atomic E-state index is 12.4. The van der Waals surface area contributed by atoms with Crippen molar-refractivity contribution in [2.75, 3.05) is 14.2 Å². The number of aldehydes is 1. The molecule has 6 rings (SSSR count). The topological polar surface area (TPSA) is 235 Å². The van der Waals surface area contributed by atoms with Crippen LogP contribution in [0, 0.1) is 48.3 Å². The number of aromatic hydroxyl groups is 2. The molecule has 8 atom stereocenters. The fourth-order valence-electron chi connectivity index (χ4n) is 10.3. The van der Waals surface area contributed by atoms with E-state index in [9.17, 15) is 34.2 Å². The Hall–Kier alpha value is -6.80. The van der Waals surface area contributed by atoms with E-state index in [1.54, 1.807) is 13.8 Å². The monoisotopic (exact) mass is 1150 g/mol. The molecule has 436 valence electrons. The second kappa shape index (κ2) is 30.3. The number of rotatable bonds is 19. The van der Waals surface area contributed by atoms with Gasteiger partial charge >= 0.3 is 0 Å². The lowest BCUT2D eigenvalue weighted by molar-refractivity contribution is -0.130. The number of primary amides is 2. The minimum absolute atomic E-state index is 0.00876. The van der Waals surface area contributed by atoms with Crippen molar-refractivity contribution in [2.24, 2.45) is 56.7 Å². The number of phenolic OH excluding ortho intramolecular Hbond substituents is 2. The van der Waals surface area contributed by atoms with Gasteiger partial charge in [-0.25, -0.2) is 0 Å². The standard InChI is InChI=1S/C33H41ClN2O4.C24H31ClO4.C9H12N2O/c1-20(16-17-33(5)21(2)13-15-28(37)23(33)4)12-14-25-30(38)26(22(3)29(34)31(25)40-6)19-36-27(32(35)39)18-24-10-8-7-9-11-24;1-14(11-12-24(5)15(2)8-10-20(27)17(24)4)7-9-18-22(28)19(13-26)16(3)21(25)23(18)29-6;10-8(9(11)12)6-7-4-2-1-3-5-7/h7-12,16-17,19,21,23,27,38H,13-15,18H2,1-6H3,(H2,35,39);7,11-13,15,17,28H,8-10H2,1-6H3;1-5,8H,6,10H2,(H2,11,12)/b17-16+,20-12+,36-19?;12-11+,14-7+;/t21-,23+,27?,33+;15-,17+,24+;/m11./s1. The first kappa shape index (κ1) is 66.7. The van der Waals surface area contributed by atoms with Gasteiger partial charge in [-0.1, -0.05) is 173 Å². The van der Waals surface area contributed by atoms with Crippen LogP contribution in [0.3, 0.4) is 0 Å². The molecule has 2 fully saturated rings. The molecule has 4 aromatic carbocycles. The number of ketones is 2. The average Bonchev–Trinajstić information content (AvgIpc) is 3.46. The number of carbonyl (C=O) groups is 5. The molecule has 0 heterocycles. The zero-order valence-corrected chi connectivity index (χ0v) is 50.7. The highest BCUT2D eigenvalue weighted by Crippen LogP contribution is 2.47. The van der Waals surface area contributed by atoms with Crippen molar-refractivity contribution in [1.82, 2.24) is 0 Å². The number of methoxy groups -OCH3 is 2. The Bertz CT molecular complexity index is 3040. The number of ether oxygens (including phenoxy) is 2. The minimum Gasteiger partial charge on any atom is -0.507 e. The molecule has 0 radical (unpaired) electrons. The van der Waals surface area contributed by atoms with Crippen LogP contribution >= 0.6 is 23.2 Å². The summed E-state index contributed by atoms with van der Waals surface area (Å²) in [5.41, 5.74) is 22.4. The van der Waals surface area contributed by atoms with Crippen molar-refractivity contribution < 1.29 is 43.7 Å². The van der Waals surface area contributed by atoms with Crippen molar-refractivity contribution >= 4 is 59.1 Å². The first-order valence-corrected chi connectivity index (χ1v) is 28.3. The van der Waals surface area contributed by atoms with Crippen LogP contribution < -0.4 is 26.7 Å². The molecule has 0 saturated heterocycles. The van der Waals surface area contributed by atoms with Gasteiger partial charge < -0.3 is 36.9 Å². The van der Waals surface area contributed by atoms with Gasteiger partial charge in [0.1, 0.15) is 40.6 Å². The van der Waals surface area contributed by atoms with Crippen LogP contribution in [-0.2, 0) is 44.9 Å². The summed E-state index contributed by atoms with van der Waals surface area (Å²) in [5, 5.41) is 22.5. The Morgan fingerprint density at radius 1 is 0.691 bits per heavy atom. The normalized spacial score (nSPS) is 22.2. The molecule has 2 amide bonds. The Labute approximate surface area is 489 Å². The van der Waals surface area contributed by atoms with Crippen molar-refractivity contribution in [3.05, 3.63) is 163 Å². The van der Waals surface area contributed by atoms with Gasteiger partial charge in [-0.3, -0.25) is 29.0 Å². The maximum absolute atomic E-state index is 12.4. The predicted octanol–water partition coefficient (Wildman–Crippen LogP) is 12.5. The molecule has 2 aliphatic rings. The highest BCUT2D eigenvalue weighted by molar-refractivity contribution is 6.34. The van der Waals surface area contributed by atoms with Crippen molar-refractivity contribution in [3.8, 4) is 23.0 Å². The molecule has 0 aliphatic heterocycles. The quantitative estimate of drug-likeness (QED) is 0.0338. The Kier molecular flexibility index (Phi) is 25.0. The van der Waals surface area contributed by atoms with E-state index >= 15 is 0 Å². The number of aliphatic imine (C=N–C) groups is 1. The third-order valence-electron chi connectivity index (χ3n) is 16.9. The zero-order valence-electron chi connectivity index (χ0n) is 49.2. The van der Waals surface area contributed by atoms with Crippen LogP contribution in [-0.4, -0.2) is 72.4 Å².